The van der Waals surface area contributed by atoms with E-state index in [1.54, 1.807) is 0 Å². The third-order valence-electron chi connectivity index (χ3n) is 2.67. The van der Waals surface area contributed by atoms with Gasteiger partial charge in [0.25, 0.3) is 0 Å². The van der Waals surface area contributed by atoms with E-state index in [4.69, 9.17) is 10.2 Å². The van der Waals surface area contributed by atoms with Crippen LogP contribution in [0.1, 0.15) is 5.56 Å². The first kappa shape index (κ1) is 15.0. The highest BCUT2D eigenvalue weighted by Crippen LogP contribution is 2.28. The van der Waals surface area contributed by atoms with Crippen molar-refractivity contribution in [3.05, 3.63) is 35.9 Å². The van der Waals surface area contributed by atoms with Gasteiger partial charge in [-0.15, -0.1) is 0 Å². The minimum absolute atomic E-state index is 0.0228. The summed E-state index contributed by atoms with van der Waals surface area (Å²) in [5.74, 6) is -1.37. The number of benzene rings is 1. The van der Waals surface area contributed by atoms with Crippen LogP contribution in [0.4, 0.5) is 0 Å². The number of aromatic nitrogens is 1. The lowest BCUT2D eigenvalue weighted by molar-refractivity contribution is 0.201. The molecule has 0 saturated heterocycles. The highest BCUT2D eigenvalue weighted by Gasteiger charge is 2.23. The molecule has 21 heavy (non-hydrogen) atoms. The zero-order valence-corrected chi connectivity index (χ0v) is 11.5. The van der Waals surface area contributed by atoms with Crippen LogP contribution in [0.3, 0.4) is 0 Å². The van der Waals surface area contributed by atoms with E-state index in [1.807, 2.05) is 0 Å². The van der Waals surface area contributed by atoms with E-state index in [2.05, 4.69) is 4.28 Å². The zero-order valence-electron chi connectivity index (χ0n) is 10.7. The Morgan fingerprint density at radius 3 is 2.29 bits per heavy atom. The number of aliphatic hydroxyl groups excluding tert-OH is 1. The molecule has 1 aromatic carbocycles. The average molecular weight is 315 g/mol. The molecule has 0 bridgehead atoms. The van der Waals surface area contributed by atoms with Gasteiger partial charge in [-0.05, 0) is 24.3 Å². The van der Waals surface area contributed by atoms with Gasteiger partial charge >= 0.3 is 10.1 Å². The SMILES string of the molecule is O=S(=O)(On1c(O)cc(CCO)c1O)c1ccc(O)cc1. The maximum Gasteiger partial charge on any atom is 0.357 e. The molecule has 0 aliphatic rings. The largest absolute Gasteiger partial charge is 0.508 e. The fraction of sp³-hybridized carbons (Fsp3) is 0.167. The van der Waals surface area contributed by atoms with Gasteiger partial charge in [-0.1, -0.05) is 4.73 Å². The summed E-state index contributed by atoms with van der Waals surface area (Å²) in [6.45, 7) is -0.290. The minimum atomic E-state index is -4.31. The van der Waals surface area contributed by atoms with E-state index < -0.39 is 21.9 Å². The minimum Gasteiger partial charge on any atom is -0.508 e. The van der Waals surface area contributed by atoms with Gasteiger partial charge in [0.2, 0.25) is 11.8 Å². The van der Waals surface area contributed by atoms with Crippen LogP contribution >= 0.6 is 0 Å². The molecule has 0 fully saturated rings. The summed E-state index contributed by atoms with van der Waals surface area (Å²) in [5, 5.41) is 37.3. The Morgan fingerprint density at radius 1 is 1.10 bits per heavy atom. The maximum absolute atomic E-state index is 12.0. The summed E-state index contributed by atoms with van der Waals surface area (Å²) in [6, 6.07) is 5.61. The van der Waals surface area contributed by atoms with Crippen molar-refractivity contribution in [3.63, 3.8) is 0 Å². The quantitative estimate of drug-likeness (QED) is 0.609. The molecule has 0 atom stereocenters. The van der Waals surface area contributed by atoms with Crippen molar-refractivity contribution in [2.45, 2.75) is 11.3 Å². The third-order valence-corrected chi connectivity index (χ3v) is 3.87. The smallest absolute Gasteiger partial charge is 0.357 e. The van der Waals surface area contributed by atoms with E-state index >= 15 is 0 Å². The predicted octanol–water partition coefficient (Wildman–Crippen LogP) is -0.0428. The van der Waals surface area contributed by atoms with Crippen LogP contribution in [0.25, 0.3) is 0 Å². The molecule has 0 saturated carbocycles. The molecule has 2 rings (SSSR count). The first-order valence-electron chi connectivity index (χ1n) is 5.82. The highest BCUT2D eigenvalue weighted by atomic mass is 32.2. The predicted molar refractivity (Wildman–Crippen MR) is 70.4 cm³/mol. The van der Waals surface area contributed by atoms with Gasteiger partial charge in [0.1, 0.15) is 10.6 Å². The molecular weight excluding hydrogens is 302 g/mol. The number of nitrogens with zero attached hydrogens (tertiary/aromatic N) is 1. The number of aliphatic hydroxyl groups is 1. The van der Waals surface area contributed by atoms with Crippen LogP contribution < -0.4 is 4.28 Å². The molecule has 8 nitrogen and oxygen atoms in total. The Morgan fingerprint density at radius 2 is 1.71 bits per heavy atom. The van der Waals surface area contributed by atoms with Crippen LogP contribution in [0.15, 0.2) is 35.2 Å². The van der Waals surface area contributed by atoms with Crippen molar-refractivity contribution in [3.8, 4) is 17.5 Å². The Labute approximate surface area is 120 Å². The molecule has 0 unspecified atom stereocenters. The monoisotopic (exact) mass is 315 g/mol. The topological polar surface area (TPSA) is 129 Å². The fourth-order valence-electron chi connectivity index (χ4n) is 1.65. The first-order valence-corrected chi connectivity index (χ1v) is 7.23. The Balaban J connectivity index is 2.35. The number of phenols is 1. The summed E-state index contributed by atoms with van der Waals surface area (Å²) in [4.78, 5) is -0.267. The number of hydrogen-bond acceptors (Lipinski definition) is 7. The van der Waals surface area contributed by atoms with E-state index in [0.29, 0.717) is 4.73 Å². The normalized spacial score (nSPS) is 11.5. The maximum atomic E-state index is 12.0. The Hall–Kier alpha value is -2.39. The van der Waals surface area contributed by atoms with Gasteiger partial charge in [0, 0.05) is 24.7 Å². The van der Waals surface area contributed by atoms with E-state index in [0.717, 1.165) is 30.3 Å². The van der Waals surface area contributed by atoms with Crippen LogP contribution in [0.5, 0.6) is 17.5 Å². The molecule has 0 spiro atoms. The van der Waals surface area contributed by atoms with Crippen LogP contribution in [0, 0.1) is 0 Å². The third kappa shape index (κ3) is 3.03. The molecule has 0 amide bonds. The second-order valence-corrected chi connectivity index (χ2v) is 5.67. The summed E-state index contributed by atoms with van der Waals surface area (Å²) >= 11 is 0. The fourth-order valence-corrected chi connectivity index (χ4v) is 2.55. The number of rotatable bonds is 5. The Bertz CT molecular complexity index is 734. The summed E-state index contributed by atoms with van der Waals surface area (Å²) in [6.07, 6.45) is 0.0228. The second-order valence-electron chi connectivity index (χ2n) is 4.14. The molecule has 114 valence electrons. The Kier molecular flexibility index (Phi) is 3.96. The van der Waals surface area contributed by atoms with Crippen LogP contribution in [-0.4, -0.2) is 40.2 Å². The highest BCUT2D eigenvalue weighted by molar-refractivity contribution is 7.87. The van der Waals surface area contributed by atoms with Crippen molar-refractivity contribution < 1.29 is 33.1 Å². The van der Waals surface area contributed by atoms with Crippen LogP contribution in [-0.2, 0) is 16.5 Å². The number of hydrogen-bond donors (Lipinski definition) is 4. The van der Waals surface area contributed by atoms with E-state index in [9.17, 15) is 18.6 Å². The molecule has 0 aliphatic heterocycles. The molecular formula is C12H13NO7S. The van der Waals surface area contributed by atoms with E-state index in [1.165, 1.54) is 0 Å². The standard InChI is InChI=1S/C12H13NO7S/c14-6-5-8-7-11(16)13(12(8)17)20-21(18,19)10-3-1-9(15)2-4-10/h1-4,7,14-17H,5-6H2. The summed E-state index contributed by atoms with van der Waals surface area (Å²) in [5.41, 5.74) is 0.135. The summed E-state index contributed by atoms with van der Waals surface area (Å²) < 4.78 is 29.0. The van der Waals surface area contributed by atoms with Gasteiger partial charge in [0.15, 0.2) is 0 Å². The van der Waals surface area contributed by atoms with Crippen molar-refractivity contribution in [2.24, 2.45) is 0 Å². The summed E-state index contributed by atoms with van der Waals surface area (Å²) in [7, 11) is -4.31. The van der Waals surface area contributed by atoms with Gasteiger partial charge in [-0.25, -0.2) is 0 Å². The molecule has 2 aromatic rings. The van der Waals surface area contributed by atoms with Crippen molar-refractivity contribution in [1.29, 1.82) is 0 Å². The van der Waals surface area contributed by atoms with Crippen molar-refractivity contribution in [1.82, 2.24) is 4.73 Å². The molecule has 1 heterocycles. The van der Waals surface area contributed by atoms with E-state index in [-0.39, 0.29) is 29.2 Å². The van der Waals surface area contributed by atoms with Gasteiger partial charge < -0.3 is 20.4 Å². The molecule has 0 aliphatic carbocycles. The second kappa shape index (κ2) is 5.54. The lowest BCUT2D eigenvalue weighted by Crippen LogP contribution is -2.19. The average Bonchev–Trinajstić information content (AvgIpc) is 2.67. The molecule has 9 heteroatoms. The lowest BCUT2D eigenvalue weighted by Gasteiger charge is -2.09. The van der Waals surface area contributed by atoms with Gasteiger partial charge in [-0.2, -0.15) is 8.42 Å². The first-order chi connectivity index (χ1) is 9.85. The van der Waals surface area contributed by atoms with Gasteiger partial charge in [0.05, 0.1) is 0 Å². The lowest BCUT2D eigenvalue weighted by atomic mass is 10.2. The molecule has 4 N–H and O–H groups in total. The van der Waals surface area contributed by atoms with Gasteiger partial charge in [-0.3, -0.25) is 4.28 Å². The molecule has 0 radical (unpaired) electrons. The van der Waals surface area contributed by atoms with Crippen LogP contribution in [0.2, 0.25) is 0 Å². The number of aromatic hydroxyl groups is 3. The van der Waals surface area contributed by atoms with Crippen molar-refractivity contribution in [2.75, 3.05) is 6.61 Å². The molecule has 1 aromatic heterocycles. The zero-order chi connectivity index (χ0) is 15.6. The number of phenolic OH excluding ortho intramolecular Hbond substituents is 1. The van der Waals surface area contributed by atoms with Crippen molar-refractivity contribution >= 4 is 10.1 Å².